The predicted molar refractivity (Wildman–Crippen MR) is 127 cm³/mol. The number of esters is 1. The molecule has 34 heavy (non-hydrogen) atoms. The highest BCUT2D eigenvalue weighted by atomic mass is 16.5. The lowest BCUT2D eigenvalue weighted by Crippen LogP contribution is -2.52. The zero-order valence-corrected chi connectivity index (χ0v) is 21.0. The third kappa shape index (κ3) is 3.12. The second-order valence-electron chi connectivity index (χ2n) is 12.9. The summed E-state index contributed by atoms with van der Waals surface area (Å²) in [4.78, 5) is 25.8. The van der Waals surface area contributed by atoms with E-state index in [1.807, 2.05) is 6.92 Å². The molecule has 0 amide bonds. The standard InChI is InChI=1S/C28H40N2O4/c1-4-34-25(32)19-14-29-30(15-19)16-23(31)28-12-18(13-28)24-22-6-5-17-11-26(2,33)9-7-20(17)21(22)8-10-27(24,28)3/h14-15,17-18,20-22,24,33H,4-13,16H2,1-3H3/t17-,18-,20+,21-,22-,24+,26-,27+,28+/m1/s1. The maximum atomic E-state index is 13.8. The molecule has 1 heterocycles. The zero-order valence-electron chi connectivity index (χ0n) is 21.0. The maximum Gasteiger partial charge on any atom is 0.341 e. The van der Waals surface area contributed by atoms with Crippen molar-refractivity contribution >= 4 is 11.8 Å². The number of fused-ring (bicyclic) bond motifs is 3. The summed E-state index contributed by atoms with van der Waals surface area (Å²) in [6, 6.07) is 0. The molecule has 0 radical (unpaired) electrons. The molecule has 2 bridgehead atoms. The van der Waals surface area contributed by atoms with Crippen molar-refractivity contribution in [1.82, 2.24) is 9.78 Å². The lowest BCUT2D eigenvalue weighted by Gasteiger charge is -2.57. The van der Waals surface area contributed by atoms with Gasteiger partial charge in [-0.3, -0.25) is 9.48 Å². The molecular formula is C28H40N2O4. The van der Waals surface area contributed by atoms with Gasteiger partial charge < -0.3 is 9.84 Å². The number of rotatable bonds is 5. The first-order valence-electron chi connectivity index (χ1n) is 13.6. The average molecular weight is 469 g/mol. The molecule has 6 nitrogen and oxygen atoms in total. The van der Waals surface area contributed by atoms with E-state index in [0.29, 0.717) is 35.7 Å². The second-order valence-corrected chi connectivity index (χ2v) is 12.9. The molecule has 1 N–H and O–H groups in total. The van der Waals surface area contributed by atoms with E-state index in [2.05, 4.69) is 12.0 Å². The van der Waals surface area contributed by atoms with E-state index in [1.165, 1.54) is 31.9 Å². The first-order valence-corrected chi connectivity index (χ1v) is 13.6. The fraction of sp³-hybridized carbons (Fsp3) is 0.821. The highest BCUT2D eigenvalue weighted by Crippen LogP contribution is 2.78. The topological polar surface area (TPSA) is 81.4 Å². The predicted octanol–water partition coefficient (Wildman–Crippen LogP) is 4.65. The molecule has 6 aliphatic rings. The SMILES string of the molecule is CCOC(=O)c1cnn(CC(=O)[C@]23C[C@H](C2)[C@H]2[C@@H]4CC[C@@H]5C[C@](C)(O)CC[C@@H]5[C@H]4CC[C@@]23C)c1. The first kappa shape index (κ1) is 22.8. The van der Waals surface area contributed by atoms with Crippen LogP contribution in [0.1, 0.15) is 88.9 Å². The molecule has 0 aromatic carbocycles. The van der Waals surface area contributed by atoms with Crippen molar-refractivity contribution in [2.75, 3.05) is 6.61 Å². The maximum absolute atomic E-state index is 13.8. The highest BCUT2D eigenvalue weighted by Gasteiger charge is 2.75. The van der Waals surface area contributed by atoms with Gasteiger partial charge >= 0.3 is 5.97 Å². The van der Waals surface area contributed by atoms with E-state index in [1.54, 1.807) is 17.8 Å². The van der Waals surface area contributed by atoms with Gasteiger partial charge in [0.1, 0.15) is 6.54 Å². The van der Waals surface area contributed by atoms with E-state index < -0.39 is 5.60 Å². The van der Waals surface area contributed by atoms with Crippen LogP contribution < -0.4 is 0 Å². The number of nitrogens with zero attached hydrogens (tertiary/aromatic N) is 2. The third-order valence-corrected chi connectivity index (χ3v) is 11.3. The number of carbonyl (C=O) groups is 2. The quantitative estimate of drug-likeness (QED) is 0.636. The monoisotopic (exact) mass is 468 g/mol. The zero-order chi connectivity index (χ0) is 23.9. The number of hydrogen-bond acceptors (Lipinski definition) is 5. The Morgan fingerprint density at radius 3 is 2.59 bits per heavy atom. The first-order chi connectivity index (χ1) is 16.2. The molecule has 7 atom stereocenters. The summed E-state index contributed by atoms with van der Waals surface area (Å²) in [6.45, 7) is 6.83. The van der Waals surface area contributed by atoms with E-state index in [0.717, 1.165) is 49.9 Å². The van der Waals surface area contributed by atoms with Crippen LogP contribution in [-0.2, 0) is 16.1 Å². The fourth-order valence-electron chi connectivity index (χ4n) is 9.93. The van der Waals surface area contributed by atoms with Crippen LogP contribution in [0.3, 0.4) is 0 Å². The van der Waals surface area contributed by atoms with Crippen LogP contribution in [-0.4, -0.2) is 38.8 Å². The van der Waals surface area contributed by atoms with Crippen LogP contribution in [0.2, 0.25) is 0 Å². The molecule has 186 valence electrons. The minimum Gasteiger partial charge on any atom is -0.462 e. The van der Waals surface area contributed by atoms with E-state index in [9.17, 15) is 14.7 Å². The highest BCUT2D eigenvalue weighted by molar-refractivity contribution is 5.90. The molecule has 6 aliphatic carbocycles. The van der Waals surface area contributed by atoms with Crippen LogP contribution in [0.25, 0.3) is 0 Å². The Morgan fingerprint density at radius 1 is 1.06 bits per heavy atom. The minimum absolute atomic E-state index is 0.0973. The molecular weight excluding hydrogens is 428 g/mol. The molecule has 0 saturated heterocycles. The summed E-state index contributed by atoms with van der Waals surface area (Å²) >= 11 is 0. The summed E-state index contributed by atoms with van der Waals surface area (Å²) in [6.07, 6.45) is 13.3. The van der Waals surface area contributed by atoms with Crippen molar-refractivity contribution < 1.29 is 19.4 Å². The van der Waals surface area contributed by atoms with Crippen molar-refractivity contribution in [2.24, 2.45) is 46.3 Å². The van der Waals surface area contributed by atoms with Gasteiger partial charge in [0.25, 0.3) is 0 Å². The normalized spacial score (nSPS) is 46.6. The Hall–Kier alpha value is -1.69. The Balaban J connectivity index is 1.19. The van der Waals surface area contributed by atoms with Crippen LogP contribution >= 0.6 is 0 Å². The van der Waals surface area contributed by atoms with Gasteiger partial charge in [-0.05, 0) is 113 Å². The van der Waals surface area contributed by atoms with Gasteiger partial charge in [0.2, 0.25) is 0 Å². The van der Waals surface area contributed by atoms with Gasteiger partial charge in [0.15, 0.2) is 5.78 Å². The van der Waals surface area contributed by atoms with Gasteiger partial charge in [-0.25, -0.2) is 4.79 Å². The molecule has 1 aromatic heterocycles. The van der Waals surface area contributed by atoms with E-state index >= 15 is 0 Å². The smallest absolute Gasteiger partial charge is 0.341 e. The van der Waals surface area contributed by atoms with Crippen molar-refractivity contribution in [3.63, 3.8) is 0 Å². The van der Waals surface area contributed by atoms with Crippen molar-refractivity contribution in [3.8, 4) is 0 Å². The Morgan fingerprint density at radius 2 is 1.82 bits per heavy atom. The van der Waals surface area contributed by atoms with Gasteiger partial charge in [-0.15, -0.1) is 0 Å². The summed E-state index contributed by atoms with van der Waals surface area (Å²) < 4.78 is 6.71. The van der Waals surface area contributed by atoms with Crippen molar-refractivity contribution in [3.05, 3.63) is 18.0 Å². The number of ether oxygens (including phenoxy) is 1. The Bertz CT molecular complexity index is 992. The molecule has 0 unspecified atom stereocenters. The van der Waals surface area contributed by atoms with Gasteiger partial charge in [-0.2, -0.15) is 5.10 Å². The average Bonchev–Trinajstić information content (AvgIpc) is 3.39. The molecule has 6 heteroatoms. The second kappa shape index (κ2) is 7.65. The summed E-state index contributed by atoms with van der Waals surface area (Å²) in [5.74, 6) is 4.31. The number of Topliss-reactive ketones (excluding diaryl/α,β-unsaturated/α-hetero) is 1. The van der Waals surface area contributed by atoms with Crippen LogP contribution in [0.5, 0.6) is 0 Å². The van der Waals surface area contributed by atoms with Crippen LogP contribution in [0.4, 0.5) is 0 Å². The number of aliphatic hydroxyl groups is 1. The summed E-state index contributed by atoms with van der Waals surface area (Å²) in [5.41, 5.74) is -0.170. The van der Waals surface area contributed by atoms with E-state index in [-0.39, 0.29) is 23.3 Å². The van der Waals surface area contributed by atoms with Gasteiger partial charge in [-0.1, -0.05) is 6.92 Å². The van der Waals surface area contributed by atoms with Gasteiger partial charge in [0, 0.05) is 11.6 Å². The molecule has 1 aromatic rings. The third-order valence-electron chi connectivity index (χ3n) is 11.3. The van der Waals surface area contributed by atoms with Crippen LogP contribution in [0.15, 0.2) is 12.4 Å². The number of ketones is 1. The molecule has 0 aliphatic heterocycles. The number of carbonyl (C=O) groups excluding carboxylic acids is 2. The Labute approximate surface area is 202 Å². The minimum atomic E-state index is -0.470. The summed E-state index contributed by atoms with van der Waals surface area (Å²) in [7, 11) is 0. The summed E-state index contributed by atoms with van der Waals surface area (Å²) in [5, 5.41) is 15.0. The molecule has 7 rings (SSSR count). The largest absolute Gasteiger partial charge is 0.462 e. The lowest BCUT2D eigenvalue weighted by molar-refractivity contribution is -0.144. The van der Waals surface area contributed by atoms with Crippen molar-refractivity contribution in [2.45, 2.75) is 90.7 Å². The number of hydrogen-bond donors (Lipinski definition) is 1. The van der Waals surface area contributed by atoms with E-state index in [4.69, 9.17) is 4.74 Å². The Kier molecular flexibility index (Phi) is 5.12. The van der Waals surface area contributed by atoms with Crippen LogP contribution in [0, 0.1) is 46.3 Å². The fourth-order valence-corrected chi connectivity index (χ4v) is 9.93. The lowest BCUT2D eigenvalue weighted by atomic mass is 9.48. The molecule has 0 spiro atoms. The molecule has 6 saturated carbocycles. The number of aromatic nitrogens is 2. The molecule has 6 fully saturated rings. The van der Waals surface area contributed by atoms with Crippen molar-refractivity contribution in [1.29, 1.82) is 0 Å². The van der Waals surface area contributed by atoms with Gasteiger partial charge in [0.05, 0.1) is 24.0 Å².